The number of rotatable bonds is 4. The van der Waals surface area contributed by atoms with Crippen LogP contribution in [-0.2, 0) is 0 Å². The lowest BCUT2D eigenvalue weighted by Crippen LogP contribution is -2.56. The topological polar surface area (TPSA) is 69.3 Å². The Labute approximate surface area is 160 Å². The van der Waals surface area contributed by atoms with Crippen molar-refractivity contribution in [2.45, 2.75) is 46.2 Å². The van der Waals surface area contributed by atoms with E-state index in [1.54, 1.807) is 4.90 Å². The van der Waals surface area contributed by atoms with Gasteiger partial charge in [0, 0.05) is 43.5 Å². The number of nitrogens with one attached hydrogen (secondary N) is 1. The normalized spacial score (nSPS) is 18.1. The van der Waals surface area contributed by atoms with Crippen LogP contribution in [0.5, 0.6) is 0 Å². The predicted molar refractivity (Wildman–Crippen MR) is 107 cm³/mol. The molecule has 0 radical (unpaired) electrons. The zero-order chi connectivity index (χ0) is 19.6. The quantitative estimate of drug-likeness (QED) is 0.901. The molecule has 3 rings (SSSR count). The molecule has 27 heavy (non-hydrogen) atoms. The standard InChI is InChI=1S/C21H28N4O2/c1-5-17-13-24(10-11-25(17)14(2)3)21(27)18-12-22-19(23-20(18)26)16-8-6-15(4)7-9-16/h6-9,12,14,17H,5,10-11,13H2,1-4H3,(H,22,23,26)/t17-/m1/s1. The largest absolute Gasteiger partial charge is 0.336 e. The van der Waals surface area contributed by atoms with Crippen LogP contribution >= 0.6 is 0 Å². The molecule has 6 heteroatoms. The van der Waals surface area contributed by atoms with E-state index >= 15 is 0 Å². The number of aromatic nitrogens is 2. The van der Waals surface area contributed by atoms with Gasteiger partial charge in [-0.3, -0.25) is 14.5 Å². The third kappa shape index (κ3) is 4.11. The van der Waals surface area contributed by atoms with Gasteiger partial charge in [-0.25, -0.2) is 4.98 Å². The van der Waals surface area contributed by atoms with Crippen molar-refractivity contribution in [2.24, 2.45) is 0 Å². The third-order valence-electron chi connectivity index (χ3n) is 5.30. The molecule has 2 heterocycles. The maximum absolute atomic E-state index is 12.9. The maximum Gasteiger partial charge on any atom is 0.264 e. The first kappa shape index (κ1) is 19.3. The third-order valence-corrected chi connectivity index (χ3v) is 5.30. The smallest absolute Gasteiger partial charge is 0.264 e. The summed E-state index contributed by atoms with van der Waals surface area (Å²) in [5.41, 5.74) is 1.69. The van der Waals surface area contributed by atoms with Crippen molar-refractivity contribution in [2.75, 3.05) is 19.6 Å². The van der Waals surface area contributed by atoms with Gasteiger partial charge in [-0.05, 0) is 27.2 Å². The van der Waals surface area contributed by atoms with Crippen molar-refractivity contribution in [3.05, 3.63) is 51.9 Å². The monoisotopic (exact) mass is 368 g/mol. The van der Waals surface area contributed by atoms with Gasteiger partial charge in [-0.15, -0.1) is 0 Å². The zero-order valence-electron chi connectivity index (χ0n) is 16.5. The lowest BCUT2D eigenvalue weighted by molar-refractivity contribution is 0.0370. The minimum atomic E-state index is -0.384. The fourth-order valence-electron chi connectivity index (χ4n) is 3.67. The summed E-state index contributed by atoms with van der Waals surface area (Å²) in [7, 11) is 0. The second-order valence-corrected chi connectivity index (χ2v) is 7.49. The van der Waals surface area contributed by atoms with Gasteiger partial charge in [-0.2, -0.15) is 0 Å². The highest BCUT2D eigenvalue weighted by Gasteiger charge is 2.31. The molecule has 1 saturated heterocycles. The molecule has 1 fully saturated rings. The summed E-state index contributed by atoms with van der Waals surface area (Å²) in [6, 6.07) is 8.52. The first-order valence-electron chi connectivity index (χ1n) is 9.62. The molecule has 0 bridgehead atoms. The number of hydrogen-bond acceptors (Lipinski definition) is 4. The van der Waals surface area contributed by atoms with E-state index in [0.717, 1.165) is 24.1 Å². The van der Waals surface area contributed by atoms with E-state index in [9.17, 15) is 9.59 Å². The molecular formula is C21H28N4O2. The summed E-state index contributed by atoms with van der Waals surface area (Å²) in [6.45, 7) is 10.6. The molecule has 1 aliphatic heterocycles. The van der Waals surface area contributed by atoms with E-state index in [-0.39, 0.29) is 17.0 Å². The first-order valence-corrected chi connectivity index (χ1v) is 9.62. The highest BCUT2D eigenvalue weighted by molar-refractivity contribution is 5.93. The van der Waals surface area contributed by atoms with E-state index in [1.807, 2.05) is 31.2 Å². The Morgan fingerprint density at radius 2 is 1.96 bits per heavy atom. The van der Waals surface area contributed by atoms with Crippen molar-refractivity contribution in [1.82, 2.24) is 19.8 Å². The number of H-pyrrole nitrogens is 1. The summed E-state index contributed by atoms with van der Waals surface area (Å²) in [4.78, 5) is 36.7. The average Bonchev–Trinajstić information content (AvgIpc) is 2.67. The van der Waals surface area contributed by atoms with Crippen LogP contribution < -0.4 is 5.56 Å². The van der Waals surface area contributed by atoms with Crippen LogP contribution in [0.15, 0.2) is 35.3 Å². The van der Waals surface area contributed by atoms with Gasteiger partial charge in [0.2, 0.25) is 0 Å². The number of aromatic amines is 1. The number of carbonyl (C=O) groups excluding carboxylic acids is 1. The molecule has 144 valence electrons. The first-order chi connectivity index (χ1) is 12.9. The number of nitrogens with zero attached hydrogens (tertiary/aromatic N) is 3. The van der Waals surface area contributed by atoms with Crippen LogP contribution in [0.3, 0.4) is 0 Å². The van der Waals surface area contributed by atoms with Crippen molar-refractivity contribution < 1.29 is 4.79 Å². The van der Waals surface area contributed by atoms with E-state index in [1.165, 1.54) is 6.20 Å². The van der Waals surface area contributed by atoms with E-state index in [0.29, 0.717) is 31.0 Å². The van der Waals surface area contributed by atoms with Gasteiger partial charge in [0.05, 0.1) is 0 Å². The van der Waals surface area contributed by atoms with Crippen LogP contribution in [-0.4, -0.2) is 57.4 Å². The Morgan fingerprint density at radius 3 is 2.56 bits per heavy atom. The summed E-state index contributed by atoms with van der Waals surface area (Å²) in [5, 5.41) is 0. The van der Waals surface area contributed by atoms with Gasteiger partial charge in [0.15, 0.2) is 0 Å². The van der Waals surface area contributed by atoms with E-state index < -0.39 is 0 Å². The molecule has 6 nitrogen and oxygen atoms in total. The minimum absolute atomic E-state index is 0.110. The fraction of sp³-hybridized carbons (Fsp3) is 0.476. The highest BCUT2D eigenvalue weighted by Crippen LogP contribution is 2.18. The van der Waals surface area contributed by atoms with Crippen LogP contribution in [0.4, 0.5) is 0 Å². The van der Waals surface area contributed by atoms with E-state index in [2.05, 4.69) is 35.6 Å². The summed E-state index contributed by atoms with van der Waals surface area (Å²) >= 11 is 0. The van der Waals surface area contributed by atoms with Crippen LogP contribution in [0, 0.1) is 6.92 Å². The van der Waals surface area contributed by atoms with Gasteiger partial charge in [-0.1, -0.05) is 36.8 Å². The molecule has 0 spiro atoms. The molecule has 0 unspecified atom stereocenters. The molecule has 1 amide bonds. The van der Waals surface area contributed by atoms with Gasteiger partial charge in [0.25, 0.3) is 11.5 Å². The Hall–Kier alpha value is -2.47. The van der Waals surface area contributed by atoms with Crippen LogP contribution in [0.1, 0.15) is 43.1 Å². The number of piperazine rings is 1. The minimum Gasteiger partial charge on any atom is -0.336 e. The summed E-state index contributed by atoms with van der Waals surface area (Å²) in [6.07, 6.45) is 2.38. The number of amides is 1. The average molecular weight is 368 g/mol. The maximum atomic E-state index is 12.9. The SMILES string of the molecule is CC[C@@H]1CN(C(=O)c2cnc(-c3ccc(C)cc3)[nH]c2=O)CCN1C(C)C. The number of carbonyl (C=O) groups is 1. The molecule has 0 saturated carbocycles. The second-order valence-electron chi connectivity index (χ2n) is 7.49. The molecule has 1 N–H and O–H groups in total. The van der Waals surface area contributed by atoms with Crippen LogP contribution in [0.2, 0.25) is 0 Å². The molecule has 1 aromatic heterocycles. The zero-order valence-corrected chi connectivity index (χ0v) is 16.5. The van der Waals surface area contributed by atoms with Gasteiger partial charge >= 0.3 is 0 Å². The second kappa shape index (κ2) is 8.05. The Bertz CT molecular complexity index is 857. The van der Waals surface area contributed by atoms with Crippen molar-refractivity contribution >= 4 is 5.91 Å². The number of benzene rings is 1. The van der Waals surface area contributed by atoms with Crippen molar-refractivity contribution in [1.29, 1.82) is 0 Å². The predicted octanol–water partition coefficient (Wildman–Crippen LogP) is 2.69. The van der Waals surface area contributed by atoms with Gasteiger partial charge < -0.3 is 9.88 Å². The molecule has 0 aliphatic carbocycles. The Balaban J connectivity index is 1.79. The lowest BCUT2D eigenvalue weighted by atomic mass is 10.1. The van der Waals surface area contributed by atoms with Crippen molar-refractivity contribution in [3.63, 3.8) is 0 Å². The number of aryl methyl sites for hydroxylation is 1. The molecule has 2 aromatic rings. The highest BCUT2D eigenvalue weighted by atomic mass is 16.2. The number of hydrogen-bond donors (Lipinski definition) is 1. The Kier molecular flexibility index (Phi) is 5.75. The summed E-state index contributed by atoms with van der Waals surface area (Å²) < 4.78 is 0. The van der Waals surface area contributed by atoms with E-state index in [4.69, 9.17) is 0 Å². The molecule has 1 aliphatic rings. The lowest BCUT2D eigenvalue weighted by Gasteiger charge is -2.43. The Morgan fingerprint density at radius 1 is 1.26 bits per heavy atom. The van der Waals surface area contributed by atoms with Crippen molar-refractivity contribution in [3.8, 4) is 11.4 Å². The van der Waals surface area contributed by atoms with Gasteiger partial charge in [0.1, 0.15) is 11.4 Å². The molecule has 1 atom stereocenters. The molecular weight excluding hydrogens is 340 g/mol. The molecule has 1 aromatic carbocycles. The van der Waals surface area contributed by atoms with Crippen LogP contribution in [0.25, 0.3) is 11.4 Å². The fourth-order valence-corrected chi connectivity index (χ4v) is 3.67. The summed E-state index contributed by atoms with van der Waals surface area (Å²) in [5.74, 6) is 0.244.